The van der Waals surface area contributed by atoms with E-state index in [1.165, 1.54) is 23.2 Å². The summed E-state index contributed by atoms with van der Waals surface area (Å²) in [6.45, 7) is 2.20. The SMILES string of the molecule is COc1csc(C(=O)N2CCCC(N(CC(=O)O)C(C)=O)CC2)c1. The van der Waals surface area contributed by atoms with Crippen LogP contribution in [-0.4, -0.2) is 65.5 Å². The highest BCUT2D eigenvalue weighted by molar-refractivity contribution is 7.12. The fourth-order valence-corrected chi connectivity index (χ4v) is 3.75. The van der Waals surface area contributed by atoms with Gasteiger partial charge in [0.25, 0.3) is 5.91 Å². The standard InChI is InChI=1S/C16H22N2O5S/c1-11(19)18(9-15(20)21)12-4-3-6-17(7-5-12)16(22)14-8-13(23-2)10-24-14/h8,10,12H,3-7,9H2,1-2H3,(H,20,21). The molecule has 0 aliphatic carbocycles. The molecule has 2 heterocycles. The molecular weight excluding hydrogens is 332 g/mol. The Hall–Kier alpha value is -2.09. The van der Waals surface area contributed by atoms with E-state index in [1.807, 2.05) is 0 Å². The Kier molecular flexibility index (Phi) is 6.19. The predicted octanol–water partition coefficient (Wildman–Crippen LogP) is 1.68. The molecule has 1 aromatic heterocycles. The predicted molar refractivity (Wildman–Crippen MR) is 89.4 cm³/mol. The smallest absolute Gasteiger partial charge is 0.323 e. The fraction of sp³-hybridized carbons (Fsp3) is 0.562. The Bertz CT molecular complexity index is 615. The summed E-state index contributed by atoms with van der Waals surface area (Å²) in [5.41, 5.74) is 0. The van der Waals surface area contributed by atoms with Gasteiger partial charge in [-0.3, -0.25) is 14.4 Å². The first kappa shape index (κ1) is 18.3. The minimum atomic E-state index is -1.02. The van der Waals surface area contributed by atoms with Gasteiger partial charge in [0.1, 0.15) is 12.3 Å². The van der Waals surface area contributed by atoms with Gasteiger partial charge in [-0.2, -0.15) is 0 Å². The zero-order valence-corrected chi connectivity index (χ0v) is 14.7. The van der Waals surface area contributed by atoms with Crippen molar-refractivity contribution in [2.24, 2.45) is 0 Å². The van der Waals surface area contributed by atoms with Crippen LogP contribution >= 0.6 is 11.3 Å². The molecular formula is C16H22N2O5S. The first-order valence-corrected chi connectivity index (χ1v) is 8.71. The molecule has 0 aromatic carbocycles. The molecule has 0 radical (unpaired) electrons. The summed E-state index contributed by atoms with van der Waals surface area (Å²) in [7, 11) is 1.56. The van der Waals surface area contributed by atoms with E-state index in [1.54, 1.807) is 23.5 Å². The van der Waals surface area contributed by atoms with Crippen LogP contribution in [0.15, 0.2) is 11.4 Å². The second-order valence-corrected chi connectivity index (χ2v) is 6.68. The third kappa shape index (κ3) is 4.47. The monoisotopic (exact) mass is 354 g/mol. The lowest BCUT2D eigenvalue weighted by Crippen LogP contribution is -2.43. The van der Waals surface area contributed by atoms with E-state index in [0.717, 1.165) is 6.42 Å². The number of carboxylic acid groups (broad SMARTS) is 1. The summed E-state index contributed by atoms with van der Waals surface area (Å²) in [6, 6.07) is 1.58. The van der Waals surface area contributed by atoms with Gasteiger partial charge in [0.15, 0.2) is 0 Å². The number of carbonyl (C=O) groups is 3. The number of hydrogen-bond donors (Lipinski definition) is 1. The van der Waals surface area contributed by atoms with Gasteiger partial charge in [-0.15, -0.1) is 11.3 Å². The quantitative estimate of drug-likeness (QED) is 0.869. The van der Waals surface area contributed by atoms with Crippen molar-refractivity contribution in [3.8, 4) is 5.75 Å². The normalized spacial score (nSPS) is 17.9. The number of carbonyl (C=O) groups excluding carboxylic acids is 2. The van der Waals surface area contributed by atoms with Crippen LogP contribution in [0.2, 0.25) is 0 Å². The third-order valence-electron chi connectivity index (χ3n) is 4.16. The summed E-state index contributed by atoms with van der Waals surface area (Å²) in [5, 5.41) is 10.8. The summed E-state index contributed by atoms with van der Waals surface area (Å²) in [6.07, 6.45) is 2.02. The highest BCUT2D eigenvalue weighted by Crippen LogP contribution is 2.24. The van der Waals surface area contributed by atoms with Crippen LogP contribution in [0.25, 0.3) is 0 Å². The van der Waals surface area contributed by atoms with Crippen LogP contribution in [0.4, 0.5) is 0 Å². The number of nitrogens with zero attached hydrogens (tertiary/aromatic N) is 2. The Morgan fingerprint density at radius 3 is 2.71 bits per heavy atom. The second-order valence-electron chi connectivity index (χ2n) is 5.77. The van der Waals surface area contributed by atoms with Crippen molar-refractivity contribution in [3.63, 3.8) is 0 Å². The Morgan fingerprint density at radius 2 is 2.12 bits per heavy atom. The van der Waals surface area contributed by atoms with Crippen molar-refractivity contribution >= 4 is 29.1 Å². The van der Waals surface area contributed by atoms with E-state index >= 15 is 0 Å². The number of ether oxygens (including phenoxy) is 1. The maximum Gasteiger partial charge on any atom is 0.323 e. The molecule has 1 fully saturated rings. The lowest BCUT2D eigenvalue weighted by molar-refractivity contribution is -0.145. The van der Waals surface area contributed by atoms with Crippen molar-refractivity contribution < 1.29 is 24.2 Å². The van der Waals surface area contributed by atoms with Gasteiger partial charge < -0.3 is 19.6 Å². The van der Waals surface area contributed by atoms with Gasteiger partial charge in [-0.1, -0.05) is 0 Å². The number of methoxy groups -OCH3 is 1. The molecule has 1 atom stereocenters. The van der Waals surface area contributed by atoms with Gasteiger partial charge >= 0.3 is 5.97 Å². The van der Waals surface area contributed by atoms with Crippen molar-refractivity contribution in [1.82, 2.24) is 9.80 Å². The number of likely N-dealkylation sites (tertiary alicyclic amines) is 1. The van der Waals surface area contributed by atoms with Gasteiger partial charge in [0.2, 0.25) is 5.91 Å². The topological polar surface area (TPSA) is 87.2 Å². The largest absolute Gasteiger partial charge is 0.496 e. The van der Waals surface area contributed by atoms with Crippen LogP contribution in [-0.2, 0) is 9.59 Å². The van der Waals surface area contributed by atoms with Crippen molar-refractivity contribution in [2.45, 2.75) is 32.2 Å². The van der Waals surface area contributed by atoms with E-state index in [0.29, 0.717) is 36.6 Å². The van der Waals surface area contributed by atoms with E-state index in [2.05, 4.69) is 0 Å². The number of carboxylic acids is 1. The Labute approximate surface area is 144 Å². The van der Waals surface area contributed by atoms with Crippen LogP contribution in [0.1, 0.15) is 35.9 Å². The van der Waals surface area contributed by atoms with Gasteiger partial charge in [0, 0.05) is 37.5 Å². The van der Waals surface area contributed by atoms with Gasteiger partial charge in [-0.25, -0.2) is 0 Å². The molecule has 0 bridgehead atoms. The average Bonchev–Trinajstić information content (AvgIpc) is 2.89. The van der Waals surface area contributed by atoms with Crippen LogP contribution in [0.5, 0.6) is 5.75 Å². The maximum atomic E-state index is 12.6. The molecule has 2 amide bonds. The first-order chi connectivity index (χ1) is 11.4. The Morgan fingerprint density at radius 1 is 1.38 bits per heavy atom. The summed E-state index contributed by atoms with van der Waals surface area (Å²) in [5.74, 6) is -0.643. The molecule has 1 aromatic rings. The molecule has 1 aliphatic heterocycles. The lowest BCUT2D eigenvalue weighted by Gasteiger charge is -2.28. The van der Waals surface area contributed by atoms with E-state index in [9.17, 15) is 14.4 Å². The number of hydrogen-bond acceptors (Lipinski definition) is 5. The molecule has 8 heteroatoms. The highest BCUT2D eigenvalue weighted by atomic mass is 32.1. The minimum Gasteiger partial charge on any atom is -0.496 e. The molecule has 7 nitrogen and oxygen atoms in total. The third-order valence-corrected chi connectivity index (χ3v) is 5.05. The van der Waals surface area contributed by atoms with Gasteiger partial charge in [0.05, 0.1) is 12.0 Å². The number of thiophene rings is 1. The molecule has 24 heavy (non-hydrogen) atoms. The van der Waals surface area contributed by atoms with Crippen molar-refractivity contribution in [3.05, 3.63) is 16.3 Å². The summed E-state index contributed by atoms with van der Waals surface area (Å²) < 4.78 is 5.11. The Balaban J connectivity index is 2.02. The molecule has 0 spiro atoms. The molecule has 1 aliphatic rings. The van der Waals surface area contributed by atoms with Crippen LogP contribution < -0.4 is 4.74 Å². The second kappa shape index (κ2) is 8.14. The minimum absolute atomic E-state index is 0.0449. The van der Waals surface area contributed by atoms with E-state index < -0.39 is 5.97 Å². The molecule has 1 saturated heterocycles. The number of rotatable bonds is 5. The number of aliphatic carboxylic acids is 1. The molecule has 0 saturated carbocycles. The van der Waals surface area contributed by atoms with E-state index in [-0.39, 0.29) is 24.4 Å². The molecule has 2 rings (SSSR count). The summed E-state index contributed by atoms with van der Waals surface area (Å²) >= 11 is 1.34. The molecule has 1 N–H and O–H groups in total. The van der Waals surface area contributed by atoms with Crippen LogP contribution in [0, 0.1) is 0 Å². The zero-order valence-electron chi connectivity index (χ0n) is 13.9. The molecule has 132 valence electrons. The fourth-order valence-electron chi connectivity index (χ4n) is 2.93. The zero-order chi connectivity index (χ0) is 17.7. The first-order valence-electron chi connectivity index (χ1n) is 7.83. The maximum absolute atomic E-state index is 12.6. The van der Waals surface area contributed by atoms with Gasteiger partial charge in [-0.05, 0) is 19.3 Å². The lowest BCUT2D eigenvalue weighted by atomic mass is 10.1. The number of amides is 2. The van der Waals surface area contributed by atoms with Crippen LogP contribution in [0.3, 0.4) is 0 Å². The summed E-state index contributed by atoms with van der Waals surface area (Å²) in [4.78, 5) is 39.1. The van der Waals surface area contributed by atoms with Crippen molar-refractivity contribution in [2.75, 3.05) is 26.7 Å². The molecule has 1 unspecified atom stereocenters. The highest BCUT2D eigenvalue weighted by Gasteiger charge is 2.28. The van der Waals surface area contributed by atoms with E-state index in [4.69, 9.17) is 9.84 Å². The van der Waals surface area contributed by atoms with Crippen molar-refractivity contribution in [1.29, 1.82) is 0 Å². The average molecular weight is 354 g/mol.